The Morgan fingerprint density at radius 2 is 1.84 bits per heavy atom. The number of nitrogens with one attached hydrogen (secondary N) is 1. The number of carbonyl (C=O) groups excluding carboxylic acids is 1. The minimum Gasteiger partial charge on any atom is -0.434 e. The van der Waals surface area contributed by atoms with Crippen molar-refractivity contribution in [3.8, 4) is 5.75 Å². The second-order valence-corrected chi connectivity index (χ2v) is 6.01. The third-order valence-corrected chi connectivity index (χ3v) is 4.06. The summed E-state index contributed by atoms with van der Waals surface area (Å²) in [5.41, 5.74) is 1.55. The van der Waals surface area contributed by atoms with Crippen LogP contribution in [0.3, 0.4) is 0 Å². The van der Waals surface area contributed by atoms with Gasteiger partial charge in [-0.15, -0.1) is 0 Å². The molecule has 25 heavy (non-hydrogen) atoms. The van der Waals surface area contributed by atoms with Crippen LogP contribution in [-0.2, 0) is 11.2 Å². The highest BCUT2D eigenvalue weighted by atomic mass is 35.5. The largest absolute Gasteiger partial charge is 0.434 e. The first-order chi connectivity index (χ1) is 12.0. The number of rotatable bonds is 8. The van der Waals surface area contributed by atoms with E-state index in [0.29, 0.717) is 29.8 Å². The van der Waals surface area contributed by atoms with E-state index < -0.39 is 6.61 Å². The predicted octanol–water partition coefficient (Wildman–Crippen LogP) is 5.14. The van der Waals surface area contributed by atoms with Crippen LogP contribution in [0.25, 0.3) is 0 Å². The molecule has 6 heteroatoms. The van der Waals surface area contributed by atoms with Crippen LogP contribution in [0.15, 0.2) is 48.5 Å². The van der Waals surface area contributed by atoms with Gasteiger partial charge in [0.25, 0.3) is 0 Å². The second-order valence-electron chi connectivity index (χ2n) is 5.57. The lowest BCUT2D eigenvalue weighted by molar-refractivity contribution is -0.121. The van der Waals surface area contributed by atoms with Crippen molar-refractivity contribution in [2.75, 3.05) is 0 Å². The van der Waals surface area contributed by atoms with Crippen molar-refractivity contribution in [1.82, 2.24) is 5.32 Å². The van der Waals surface area contributed by atoms with Gasteiger partial charge in [-0.2, -0.15) is 8.78 Å². The summed E-state index contributed by atoms with van der Waals surface area (Å²) in [4.78, 5) is 12.2. The summed E-state index contributed by atoms with van der Waals surface area (Å²) in [7, 11) is 0. The fraction of sp³-hybridized carbons (Fsp3) is 0.316. The van der Waals surface area contributed by atoms with Gasteiger partial charge in [0, 0.05) is 17.0 Å². The molecule has 134 valence electrons. The van der Waals surface area contributed by atoms with Crippen molar-refractivity contribution in [2.24, 2.45) is 0 Å². The Morgan fingerprint density at radius 3 is 2.48 bits per heavy atom. The molecule has 1 amide bonds. The smallest absolute Gasteiger partial charge is 0.387 e. The van der Waals surface area contributed by atoms with E-state index in [-0.39, 0.29) is 17.7 Å². The monoisotopic (exact) mass is 367 g/mol. The van der Waals surface area contributed by atoms with Crippen molar-refractivity contribution in [2.45, 2.75) is 38.8 Å². The van der Waals surface area contributed by atoms with Crippen LogP contribution in [0.2, 0.25) is 5.02 Å². The zero-order valence-electron chi connectivity index (χ0n) is 13.8. The molecular weight excluding hydrogens is 348 g/mol. The number of alkyl halides is 2. The van der Waals surface area contributed by atoms with E-state index >= 15 is 0 Å². The van der Waals surface area contributed by atoms with Crippen molar-refractivity contribution < 1.29 is 18.3 Å². The normalized spacial score (nSPS) is 12.0. The minimum absolute atomic E-state index is 0.0855. The highest BCUT2D eigenvalue weighted by Gasteiger charge is 2.18. The topological polar surface area (TPSA) is 38.3 Å². The Bertz CT molecular complexity index is 692. The van der Waals surface area contributed by atoms with Gasteiger partial charge in [0.2, 0.25) is 5.91 Å². The van der Waals surface area contributed by atoms with Crippen LogP contribution in [-0.4, -0.2) is 12.5 Å². The second kappa shape index (κ2) is 9.37. The highest BCUT2D eigenvalue weighted by molar-refractivity contribution is 6.30. The summed E-state index contributed by atoms with van der Waals surface area (Å²) in [6.07, 6.45) is 1.45. The molecule has 2 rings (SSSR count). The van der Waals surface area contributed by atoms with Gasteiger partial charge in [0.15, 0.2) is 0 Å². The average molecular weight is 368 g/mol. The molecule has 0 spiro atoms. The van der Waals surface area contributed by atoms with Gasteiger partial charge in [-0.25, -0.2) is 0 Å². The van der Waals surface area contributed by atoms with Gasteiger partial charge in [0.1, 0.15) is 5.75 Å². The summed E-state index contributed by atoms with van der Waals surface area (Å²) in [6, 6.07) is 13.4. The zero-order chi connectivity index (χ0) is 18.2. The number of para-hydroxylation sites is 1. The van der Waals surface area contributed by atoms with E-state index in [9.17, 15) is 13.6 Å². The molecule has 1 unspecified atom stereocenters. The molecule has 0 aliphatic rings. The third kappa shape index (κ3) is 6.02. The number of amides is 1. The lowest BCUT2D eigenvalue weighted by Gasteiger charge is -2.20. The maximum Gasteiger partial charge on any atom is 0.387 e. The molecule has 0 aliphatic heterocycles. The molecule has 1 atom stereocenters. The Balaban J connectivity index is 1.99. The number of hydrogen-bond acceptors (Lipinski definition) is 2. The fourth-order valence-electron chi connectivity index (χ4n) is 2.55. The number of halogens is 3. The summed E-state index contributed by atoms with van der Waals surface area (Å²) in [5, 5.41) is 3.54. The quantitative estimate of drug-likeness (QED) is 0.701. The molecule has 0 aliphatic carbocycles. The Morgan fingerprint density at radius 1 is 1.16 bits per heavy atom. The number of carbonyl (C=O) groups is 1. The van der Waals surface area contributed by atoms with E-state index in [1.54, 1.807) is 30.3 Å². The average Bonchev–Trinajstić information content (AvgIpc) is 2.59. The van der Waals surface area contributed by atoms with Crippen LogP contribution in [0.1, 0.15) is 36.9 Å². The minimum atomic E-state index is -2.90. The van der Waals surface area contributed by atoms with E-state index in [2.05, 4.69) is 10.1 Å². The Labute approximate surface area is 151 Å². The molecule has 2 aromatic rings. The first-order valence-electron chi connectivity index (χ1n) is 8.07. The van der Waals surface area contributed by atoms with Gasteiger partial charge < -0.3 is 10.1 Å². The lowest BCUT2D eigenvalue weighted by Crippen LogP contribution is -2.28. The Kier molecular flexibility index (Phi) is 7.19. The summed E-state index contributed by atoms with van der Waals surface area (Å²) < 4.78 is 29.6. The standard InChI is InChI=1S/C19H20ClF2NO2/c1-2-16(15-5-3-4-6-17(15)25-19(21)22)23-18(24)12-9-13-7-10-14(20)11-8-13/h3-8,10-11,16,19H,2,9,12H2,1H3,(H,23,24). The first kappa shape index (κ1) is 19.2. The zero-order valence-corrected chi connectivity index (χ0v) is 14.6. The van der Waals surface area contributed by atoms with Crippen molar-refractivity contribution >= 4 is 17.5 Å². The molecule has 1 N–H and O–H groups in total. The number of aryl methyl sites for hydroxylation is 1. The number of hydrogen-bond donors (Lipinski definition) is 1. The SMILES string of the molecule is CCC(NC(=O)CCc1ccc(Cl)cc1)c1ccccc1OC(F)F. The predicted molar refractivity (Wildman–Crippen MR) is 94.0 cm³/mol. The maximum atomic E-state index is 12.5. The summed E-state index contributed by atoms with van der Waals surface area (Å²) in [6.45, 7) is -1.03. The van der Waals surface area contributed by atoms with Gasteiger partial charge in [-0.05, 0) is 36.6 Å². The van der Waals surface area contributed by atoms with Crippen LogP contribution in [0, 0.1) is 0 Å². The van der Waals surface area contributed by atoms with Crippen LogP contribution >= 0.6 is 11.6 Å². The van der Waals surface area contributed by atoms with E-state index in [1.807, 2.05) is 19.1 Å². The molecule has 0 fully saturated rings. The van der Waals surface area contributed by atoms with Gasteiger partial charge in [-0.1, -0.05) is 48.9 Å². The van der Waals surface area contributed by atoms with Crippen LogP contribution < -0.4 is 10.1 Å². The number of ether oxygens (including phenoxy) is 1. The molecule has 0 heterocycles. The molecule has 0 saturated carbocycles. The number of benzene rings is 2. The van der Waals surface area contributed by atoms with Gasteiger partial charge in [-0.3, -0.25) is 4.79 Å². The molecule has 0 saturated heterocycles. The third-order valence-electron chi connectivity index (χ3n) is 3.81. The van der Waals surface area contributed by atoms with Gasteiger partial charge in [0.05, 0.1) is 6.04 Å². The highest BCUT2D eigenvalue weighted by Crippen LogP contribution is 2.28. The summed E-state index contributed by atoms with van der Waals surface area (Å²) >= 11 is 5.84. The molecule has 0 bridgehead atoms. The molecule has 3 nitrogen and oxygen atoms in total. The molecule has 0 radical (unpaired) electrons. The first-order valence-corrected chi connectivity index (χ1v) is 8.45. The summed E-state index contributed by atoms with van der Waals surface area (Å²) in [5.74, 6) is -0.0593. The van der Waals surface area contributed by atoms with Gasteiger partial charge >= 0.3 is 6.61 Å². The van der Waals surface area contributed by atoms with Crippen LogP contribution in [0.4, 0.5) is 8.78 Å². The van der Waals surface area contributed by atoms with Crippen molar-refractivity contribution in [3.05, 3.63) is 64.7 Å². The fourth-order valence-corrected chi connectivity index (χ4v) is 2.67. The molecule has 2 aromatic carbocycles. The van der Waals surface area contributed by atoms with Crippen molar-refractivity contribution in [3.63, 3.8) is 0 Å². The Hall–Kier alpha value is -2.14. The molecular formula is C19H20ClF2NO2. The van der Waals surface area contributed by atoms with E-state index in [4.69, 9.17) is 11.6 Å². The molecule has 0 aromatic heterocycles. The lowest BCUT2D eigenvalue weighted by atomic mass is 10.0. The van der Waals surface area contributed by atoms with Crippen molar-refractivity contribution in [1.29, 1.82) is 0 Å². The maximum absolute atomic E-state index is 12.5. The van der Waals surface area contributed by atoms with E-state index in [0.717, 1.165) is 5.56 Å². The van der Waals surface area contributed by atoms with Crippen LogP contribution in [0.5, 0.6) is 5.75 Å². The van der Waals surface area contributed by atoms with E-state index in [1.165, 1.54) is 6.07 Å².